The third-order valence-corrected chi connectivity index (χ3v) is 8.50. The van der Waals surface area contributed by atoms with Crippen molar-refractivity contribution in [2.45, 2.75) is 50.4 Å². The van der Waals surface area contributed by atoms with Crippen molar-refractivity contribution < 1.29 is 18.7 Å². The lowest BCUT2D eigenvalue weighted by Crippen LogP contribution is -2.44. The van der Waals surface area contributed by atoms with Gasteiger partial charge in [-0.15, -0.1) is 0 Å². The minimum Gasteiger partial charge on any atom is -0.484 e. The second-order valence-electron chi connectivity index (χ2n) is 10.8. The van der Waals surface area contributed by atoms with E-state index >= 15 is 4.39 Å². The van der Waals surface area contributed by atoms with Gasteiger partial charge in [0.2, 0.25) is 5.95 Å². The summed E-state index contributed by atoms with van der Waals surface area (Å²) in [6.45, 7) is 3.27. The first-order valence-electron chi connectivity index (χ1n) is 13.2. The van der Waals surface area contributed by atoms with Crippen molar-refractivity contribution in [3.05, 3.63) is 45.0 Å². The first-order chi connectivity index (χ1) is 17.8. The molecule has 0 unspecified atom stereocenters. The average Bonchev–Trinajstić information content (AvgIpc) is 3.51. The Morgan fingerprint density at radius 3 is 2.62 bits per heavy atom. The number of anilines is 2. The summed E-state index contributed by atoms with van der Waals surface area (Å²) in [5.41, 5.74) is 0.863. The second-order valence-corrected chi connectivity index (χ2v) is 10.8. The standard InChI is InChI=1S/C27H32FN5O4/c1-31-8-4-5-18-24(31)29-26(30-25(18)36)33-11-6-27(7-12-33)15-21(34)19-13-17(14-20(28)23(19)27)37-16-22(35)32-9-2-3-10-32/h13-14H,2-12,15-16H2,1H3,(H,29,30,36). The Morgan fingerprint density at radius 2 is 1.86 bits per heavy atom. The Kier molecular flexibility index (Phi) is 5.92. The van der Waals surface area contributed by atoms with Crippen molar-refractivity contribution in [3.8, 4) is 5.75 Å². The van der Waals surface area contributed by atoms with Gasteiger partial charge < -0.3 is 19.4 Å². The lowest BCUT2D eigenvalue weighted by molar-refractivity contribution is -0.132. The normalized spacial score (nSPS) is 20.4. The smallest absolute Gasteiger partial charge is 0.260 e. The fourth-order valence-corrected chi connectivity index (χ4v) is 6.46. The minimum absolute atomic E-state index is 0.0967. The van der Waals surface area contributed by atoms with Crippen LogP contribution in [0, 0.1) is 5.82 Å². The van der Waals surface area contributed by atoms with E-state index in [4.69, 9.17) is 9.72 Å². The van der Waals surface area contributed by atoms with Crippen molar-refractivity contribution in [3.63, 3.8) is 0 Å². The van der Waals surface area contributed by atoms with Gasteiger partial charge in [-0.25, -0.2) is 4.39 Å². The molecule has 9 nitrogen and oxygen atoms in total. The number of aromatic nitrogens is 2. The molecule has 4 aliphatic rings. The highest BCUT2D eigenvalue weighted by molar-refractivity contribution is 6.02. The van der Waals surface area contributed by atoms with E-state index in [2.05, 4.69) is 4.98 Å². The maximum atomic E-state index is 15.5. The predicted octanol–water partition coefficient (Wildman–Crippen LogP) is 2.42. The van der Waals surface area contributed by atoms with Gasteiger partial charge in [-0.2, -0.15) is 4.98 Å². The van der Waals surface area contributed by atoms with E-state index < -0.39 is 11.2 Å². The molecule has 1 amide bonds. The number of carbonyl (C=O) groups excluding carboxylic acids is 2. The number of benzene rings is 1. The molecular formula is C27H32FN5O4. The van der Waals surface area contributed by atoms with Crippen molar-refractivity contribution in [2.75, 3.05) is 56.2 Å². The molecule has 3 aliphatic heterocycles. The molecule has 1 N–H and O–H groups in total. The number of ether oxygens (including phenoxy) is 1. The number of Topliss-reactive ketones (excluding diaryl/α,β-unsaturated/α-hetero) is 1. The second kappa shape index (κ2) is 9.15. The van der Waals surface area contributed by atoms with Crippen molar-refractivity contribution in [2.24, 2.45) is 0 Å². The number of carbonyl (C=O) groups is 2. The van der Waals surface area contributed by atoms with Gasteiger partial charge in [0.05, 0.1) is 5.56 Å². The SMILES string of the molecule is CN1CCCc2c1nc(N1CCC3(CC1)CC(=O)c1cc(OCC(=O)N4CCCC4)cc(F)c13)[nH]c2=O. The van der Waals surface area contributed by atoms with Gasteiger partial charge in [0, 0.05) is 68.8 Å². The first-order valence-corrected chi connectivity index (χ1v) is 13.2. The van der Waals surface area contributed by atoms with Crippen molar-refractivity contribution in [1.29, 1.82) is 0 Å². The van der Waals surface area contributed by atoms with Crippen LogP contribution in [-0.2, 0) is 16.6 Å². The molecule has 4 heterocycles. The topological polar surface area (TPSA) is 98.8 Å². The monoisotopic (exact) mass is 509 g/mol. The third-order valence-electron chi connectivity index (χ3n) is 8.50. The Hall–Kier alpha value is -3.43. The van der Waals surface area contributed by atoms with Crippen molar-refractivity contribution >= 4 is 23.5 Å². The molecule has 10 heteroatoms. The number of nitrogens with zero attached hydrogens (tertiary/aromatic N) is 4. The zero-order valence-corrected chi connectivity index (χ0v) is 21.1. The van der Waals surface area contributed by atoms with Gasteiger partial charge in [-0.3, -0.25) is 19.4 Å². The zero-order valence-electron chi connectivity index (χ0n) is 21.1. The number of aromatic amines is 1. The van der Waals surface area contributed by atoms with Crippen LogP contribution >= 0.6 is 0 Å². The number of H-pyrrole nitrogens is 1. The van der Waals surface area contributed by atoms with E-state index in [-0.39, 0.29) is 36.0 Å². The van der Waals surface area contributed by atoms with Crippen LogP contribution < -0.4 is 20.1 Å². The Balaban J connectivity index is 1.19. The molecule has 2 saturated heterocycles. The van der Waals surface area contributed by atoms with E-state index in [9.17, 15) is 14.4 Å². The number of rotatable bonds is 4. The van der Waals surface area contributed by atoms with Crippen LogP contribution in [0.15, 0.2) is 16.9 Å². The summed E-state index contributed by atoms with van der Waals surface area (Å²) in [4.78, 5) is 51.5. The third kappa shape index (κ3) is 4.16. The van der Waals surface area contributed by atoms with E-state index in [1.54, 1.807) is 11.0 Å². The molecule has 1 aliphatic carbocycles. The zero-order chi connectivity index (χ0) is 25.7. The number of halogens is 1. The molecule has 1 aromatic carbocycles. The first kappa shape index (κ1) is 23.9. The summed E-state index contributed by atoms with van der Waals surface area (Å²) in [5, 5.41) is 0. The highest BCUT2D eigenvalue weighted by Crippen LogP contribution is 2.48. The maximum absolute atomic E-state index is 15.5. The number of amides is 1. The summed E-state index contributed by atoms with van der Waals surface area (Å²) in [5.74, 6) is 0.806. The summed E-state index contributed by atoms with van der Waals surface area (Å²) >= 11 is 0. The lowest BCUT2D eigenvalue weighted by Gasteiger charge is -2.40. The molecule has 0 radical (unpaired) electrons. The molecule has 2 fully saturated rings. The maximum Gasteiger partial charge on any atom is 0.260 e. The van der Waals surface area contributed by atoms with Gasteiger partial charge in [0.25, 0.3) is 11.5 Å². The minimum atomic E-state index is -0.581. The molecule has 6 rings (SSSR count). The van der Waals surface area contributed by atoms with Gasteiger partial charge >= 0.3 is 0 Å². The lowest BCUT2D eigenvalue weighted by atomic mass is 9.73. The predicted molar refractivity (Wildman–Crippen MR) is 136 cm³/mol. The number of likely N-dealkylation sites (tertiary alicyclic amines) is 1. The van der Waals surface area contributed by atoms with Gasteiger partial charge in [0.15, 0.2) is 12.4 Å². The van der Waals surface area contributed by atoms with Crippen LogP contribution in [0.25, 0.3) is 0 Å². The van der Waals surface area contributed by atoms with E-state index in [1.807, 2.05) is 16.8 Å². The Labute approximate surface area is 214 Å². The van der Waals surface area contributed by atoms with E-state index in [1.165, 1.54) is 6.07 Å². The molecule has 196 valence electrons. The molecule has 2 aromatic rings. The molecule has 37 heavy (non-hydrogen) atoms. The average molecular weight is 510 g/mol. The largest absolute Gasteiger partial charge is 0.484 e. The van der Waals surface area contributed by atoms with Gasteiger partial charge in [-0.1, -0.05) is 0 Å². The molecule has 1 aromatic heterocycles. The number of piperidine rings is 1. The number of ketones is 1. The van der Waals surface area contributed by atoms with Crippen molar-refractivity contribution in [1.82, 2.24) is 14.9 Å². The quantitative estimate of drug-likeness (QED) is 0.676. The van der Waals surface area contributed by atoms with Gasteiger partial charge in [-0.05, 0) is 44.6 Å². The molecule has 0 bridgehead atoms. The van der Waals surface area contributed by atoms with Crippen LogP contribution in [0.3, 0.4) is 0 Å². The number of fused-ring (bicyclic) bond motifs is 3. The highest BCUT2D eigenvalue weighted by atomic mass is 19.1. The fraction of sp³-hybridized carbons (Fsp3) is 0.556. The summed E-state index contributed by atoms with van der Waals surface area (Å²) in [7, 11) is 1.95. The summed E-state index contributed by atoms with van der Waals surface area (Å²) < 4.78 is 21.1. The van der Waals surface area contributed by atoms with E-state index in [0.29, 0.717) is 43.0 Å². The number of hydrogen-bond donors (Lipinski definition) is 1. The Morgan fingerprint density at radius 1 is 1.11 bits per heavy atom. The van der Waals surface area contributed by atoms with Crippen LogP contribution in [-0.4, -0.2) is 72.9 Å². The highest BCUT2D eigenvalue weighted by Gasteiger charge is 2.47. The number of nitrogens with one attached hydrogen (secondary N) is 1. The van der Waals surface area contributed by atoms with Crippen LogP contribution in [0.4, 0.5) is 16.2 Å². The van der Waals surface area contributed by atoms with Crippen LogP contribution in [0.2, 0.25) is 0 Å². The molecule has 0 saturated carbocycles. The molecule has 1 spiro atoms. The fourth-order valence-electron chi connectivity index (χ4n) is 6.46. The molecular weight excluding hydrogens is 477 g/mol. The van der Waals surface area contributed by atoms with E-state index in [0.717, 1.165) is 56.7 Å². The summed E-state index contributed by atoms with van der Waals surface area (Å²) in [6, 6.07) is 2.90. The van der Waals surface area contributed by atoms with Crippen LogP contribution in [0.5, 0.6) is 5.75 Å². The van der Waals surface area contributed by atoms with Crippen LogP contribution in [0.1, 0.15) is 60.0 Å². The number of hydrogen-bond acceptors (Lipinski definition) is 7. The van der Waals surface area contributed by atoms with Gasteiger partial charge in [0.1, 0.15) is 17.4 Å². The summed E-state index contributed by atoms with van der Waals surface area (Å²) in [6.07, 6.45) is 5.04. The Bertz CT molecular complexity index is 1310. The molecule has 0 atom stereocenters.